The van der Waals surface area contributed by atoms with Gasteiger partial charge in [0.15, 0.2) is 17.3 Å². The van der Waals surface area contributed by atoms with Crippen molar-refractivity contribution < 1.29 is 18.3 Å². The predicted molar refractivity (Wildman–Crippen MR) is 123 cm³/mol. The number of rotatable bonds is 7. The second-order valence-electron chi connectivity index (χ2n) is 8.00. The Hall–Kier alpha value is -3.46. The summed E-state index contributed by atoms with van der Waals surface area (Å²) in [6.07, 6.45) is 2.91. The molecular formula is C24H27F2N5O2. The molecule has 1 saturated heterocycles. The molecule has 0 amide bonds. The first kappa shape index (κ1) is 22.7. The topological polar surface area (TPSA) is 62.8 Å². The molecule has 1 fully saturated rings. The molecule has 2 aromatic carbocycles. The Balaban J connectivity index is 1.36. The normalized spacial score (nSPS) is 14.3. The van der Waals surface area contributed by atoms with Crippen molar-refractivity contribution in [1.29, 1.82) is 0 Å². The van der Waals surface area contributed by atoms with Gasteiger partial charge < -0.3 is 24.6 Å². The van der Waals surface area contributed by atoms with Crippen LogP contribution >= 0.6 is 0 Å². The molecule has 4 rings (SSSR count). The Bertz CT molecular complexity index is 1090. The lowest BCUT2D eigenvalue weighted by Crippen LogP contribution is -2.44. The van der Waals surface area contributed by atoms with Crippen LogP contribution in [0.3, 0.4) is 0 Å². The van der Waals surface area contributed by atoms with Crippen LogP contribution in [0.25, 0.3) is 0 Å². The largest absolute Gasteiger partial charge is 0.494 e. The van der Waals surface area contributed by atoms with Crippen molar-refractivity contribution in [1.82, 2.24) is 14.9 Å². The van der Waals surface area contributed by atoms with Gasteiger partial charge in [-0.1, -0.05) is 0 Å². The molecule has 33 heavy (non-hydrogen) atoms. The van der Waals surface area contributed by atoms with E-state index >= 15 is 0 Å². The molecule has 0 bridgehead atoms. The lowest BCUT2D eigenvalue weighted by atomic mass is 10.1. The van der Waals surface area contributed by atoms with Crippen molar-refractivity contribution in [3.8, 4) is 11.5 Å². The maximum atomic E-state index is 14.4. The Labute approximate surface area is 192 Å². The maximum Gasteiger partial charge on any atom is 0.227 e. The maximum absolute atomic E-state index is 14.4. The lowest BCUT2D eigenvalue weighted by molar-refractivity contribution is 0.285. The summed E-state index contributed by atoms with van der Waals surface area (Å²) in [5.74, 6) is -0.774. The first-order chi connectivity index (χ1) is 15.9. The van der Waals surface area contributed by atoms with E-state index in [-0.39, 0.29) is 23.5 Å². The second kappa shape index (κ2) is 9.99. The van der Waals surface area contributed by atoms with Gasteiger partial charge in [-0.15, -0.1) is 0 Å². The number of nitrogens with zero attached hydrogens (tertiary/aromatic N) is 4. The van der Waals surface area contributed by atoms with Gasteiger partial charge in [0.25, 0.3) is 0 Å². The molecule has 2 heterocycles. The first-order valence-electron chi connectivity index (χ1n) is 10.7. The summed E-state index contributed by atoms with van der Waals surface area (Å²) in [7, 11) is 3.47. The number of halogens is 2. The Morgan fingerprint density at radius 1 is 1.00 bits per heavy atom. The van der Waals surface area contributed by atoms with Gasteiger partial charge in [0.05, 0.1) is 25.1 Å². The summed E-state index contributed by atoms with van der Waals surface area (Å²) in [6, 6.07) is 9.43. The predicted octanol–water partition coefficient (Wildman–Crippen LogP) is 4.15. The number of methoxy groups -OCH3 is 1. The van der Waals surface area contributed by atoms with E-state index in [1.165, 1.54) is 31.3 Å². The van der Waals surface area contributed by atoms with Crippen LogP contribution < -0.4 is 19.7 Å². The SMILES string of the molecule is COc1cc(C)c(F)c(COc2cnc(Nc3ccc(N4CCN(C)CC4)cc3)nc2)c1F. The minimum absolute atomic E-state index is 0.0260. The van der Waals surface area contributed by atoms with E-state index in [1.807, 2.05) is 12.1 Å². The van der Waals surface area contributed by atoms with Crippen molar-refractivity contribution in [3.05, 3.63) is 65.5 Å². The quantitative estimate of drug-likeness (QED) is 0.574. The second-order valence-corrected chi connectivity index (χ2v) is 8.00. The Morgan fingerprint density at radius 3 is 2.30 bits per heavy atom. The van der Waals surface area contributed by atoms with E-state index in [1.54, 1.807) is 6.92 Å². The van der Waals surface area contributed by atoms with Crippen LogP contribution in [0.5, 0.6) is 11.5 Å². The summed E-state index contributed by atoms with van der Waals surface area (Å²) in [5.41, 5.74) is 2.12. The van der Waals surface area contributed by atoms with Gasteiger partial charge >= 0.3 is 0 Å². The first-order valence-corrected chi connectivity index (χ1v) is 10.7. The third-order valence-electron chi connectivity index (χ3n) is 5.66. The van der Waals surface area contributed by atoms with Crippen LogP contribution in [0.2, 0.25) is 0 Å². The smallest absolute Gasteiger partial charge is 0.227 e. The average Bonchev–Trinajstić information content (AvgIpc) is 2.83. The number of hydrogen-bond donors (Lipinski definition) is 1. The van der Waals surface area contributed by atoms with Crippen LogP contribution in [0.1, 0.15) is 11.1 Å². The number of likely N-dealkylation sites (N-methyl/N-ethyl adjacent to an activating group) is 1. The standard InChI is InChI=1S/C24H27F2N5O2/c1-16-12-21(32-3)23(26)20(22(16)25)15-33-19-13-27-24(28-14-19)29-17-4-6-18(7-5-17)31-10-8-30(2)9-11-31/h4-7,12-14H,8-11,15H2,1-3H3,(H,27,28,29). The minimum Gasteiger partial charge on any atom is -0.494 e. The number of piperazine rings is 1. The molecule has 1 N–H and O–H groups in total. The van der Waals surface area contributed by atoms with Gasteiger partial charge in [-0.2, -0.15) is 0 Å². The molecule has 0 radical (unpaired) electrons. The third-order valence-corrected chi connectivity index (χ3v) is 5.66. The highest BCUT2D eigenvalue weighted by Crippen LogP contribution is 2.27. The zero-order valence-corrected chi connectivity index (χ0v) is 18.9. The molecule has 1 aliphatic rings. The lowest BCUT2D eigenvalue weighted by Gasteiger charge is -2.34. The van der Waals surface area contributed by atoms with Crippen LogP contribution in [0, 0.1) is 18.6 Å². The Morgan fingerprint density at radius 2 is 1.67 bits per heavy atom. The highest BCUT2D eigenvalue weighted by atomic mass is 19.1. The fourth-order valence-electron chi connectivity index (χ4n) is 3.64. The summed E-state index contributed by atoms with van der Waals surface area (Å²) in [6.45, 7) is 5.37. The highest BCUT2D eigenvalue weighted by Gasteiger charge is 2.18. The van der Waals surface area contributed by atoms with Crippen molar-refractivity contribution in [3.63, 3.8) is 0 Å². The molecular weight excluding hydrogens is 428 g/mol. The number of ether oxygens (including phenoxy) is 2. The fraction of sp³-hybridized carbons (Fsp3) is 0.333. The summed E-state index contributed by atoms with van der Waals surface area (Å²) >= 11 is 0. The fourth-order valence-corrected chi connectivity index (χ4v) is 3.64. The van der Waals surface area contributed by atoms with Crippen molar-refractivity contribution in [2.45, 2.75) is 13.5 Å². The van der Waals surface area contributed by atoms with Gasteiger partial charge in [0.2, 0.25) is 5.95 Å². The molecule has 1 aromatic heterocycles. The average molecular weight is 456 g/mol. The van der Waals surface area contributed by atoms with Gasteiger partial charge in [-0.3, -0.25) is 0 Å². The van der Waals surface area contributed by atoms with E-state index in [4.69, 9.17) is 9.47 Å². The monoisotopic (exact) mass is 455 g/mol. The van der Waals surface area contributed by atoms with Gasteiger partial charge in [-0.05, 0) is 49.9 Å². The van der Waals surface area contributed by atoms with E-state index < -0.39 is 11.6 Å². The molecule has 3 aromatic rings. The highest BCUT2D eigenvalue weighted by molar-refractivity contribution is 5.59. The number of aryl methyl sites for hydroxylation is 1. The summed E-state index contributed by atoms with van der Waals surface area (Å²) < 4.78 is 39.2. The number of nitrogens with one attached hydrogen (secondary N) is 1. The summed E-state index contributed by atoms with van der Waals surface area (Å²) in [5, 5.41) is 3.14. The molecule has 0 spiro atoms. The number of benzene rings is 2. The molecule has 0 aliphatic carbocycles. The van der Waals surface area contributed by atoms with Gasteiger partial charge in [0.1, 0.15) is 12.4 Å². The molecule has 0 saturated carbocycles. The van der Waals surface area contributed by atoms with Crippen molar-refractivity contribution in [2.75, 3.05) is 50.6 Å². The van der Waals surface area contributed by atoms with Crippen LogP contribution in [-0.2, 0) is 6.61 Å². The zero-order chi connectivity index (χ0) is 23.4. The number of anilines is 3. The van der Waals surface area contributed by atoms with Crippen LogP contribution in [-0.4, -0.2) is 55.2 Å². The van der Waals surface area contributed by atoms with Crippen molar-refractivity contribution >= 4 is 17.3 Å². The van der Waals surface area contributed by atoms with Crippen LogP contribution in [0.4, 0.5) is 26.1 Å². The van der Waals surface area contributed by atoms with Crippen LogP contribution in [0.15, 0.2) is 42.7 Å². The zero-order valence-electron chi connectivity index (χ0n) is 18.9. The van der Waals surface area contributed by atoms with E-state index in [0.717, 1.165) is 31.9 Å². The molecule has 0 atom stereocenters. The van der Waals surface area contributed by atoms with Gasteiger partial charge in [-0.25, -0.2) is 18.7 Å². The van der Waals surface area contributed by atoms with Crippen molar-refractivity contribution in [2.24, 2.45) is 0 Å². The molecule has 7 nitrogen and oxygen atoms in total. The van der Waals surface area contributed by atoms with Gasteiger partial charge in [0, 0.05) is 37.6 Å². The summed E-state index contributed by atoms with van der Waals surface area (Å²) in [4.78, 5) is 13.1. The molecule has 1 aliphatic heterocycles. The number of hydrogen-bond acceptors (Lipinski definition) is 7. The van der Waals surface area contributed by atoms with E-state index in [0.29, 0.717) is 11.7 Å². The molecule has 9 heteroatoms. The molecule has 0 unspecified atom stereocenters. The van der Waals surface area contributed by atoms with E-state index in [9.17, 15) is 8.78 Å². The Kier molecular flexibility index (Phi) is 6.88. The molecule has 174 valence electrons. The third kappa shape index (κ3) is 5.31. The van der Waals surface area contributed by atoms with E-state index in [2.05, 4.69) is 44.3 Å². The minimum atomic E-state index is -0.778. The number of aromatic nitrogens is 2.